The number of hydrogen-bond acceptors (Lipinski definition) is 4. The second kappa shape index (κ2) is 5.42. The molecule has 0 bridgehead atoms. The zero-order valence-corrected chi connectivity index (χ0v) is 11.6. The van der Waals surface area contributed by atoms with Gasteiger partial charge in [-0.15, -0.1) is 16.4 Å². The Morgan fingerprint density at radius 3 is 3.06 bits per heavy atom. The first-order valence-corrected chi connectivity index (χ1v) is 6.63. The second-order valence-corrected chi connectivity index (χ2v) is 5.90. The van der Waals surface area contributed by atoms with Crippen LogP contribution in [0, 0.1) is 0 Å². The Morgan fingerprint density at radius 1 is 1.65 bits per heavy atom. The Morgan fingerprint density at radius 2 is 2.47 bits per heavy atom. The van der Waals surface area contributed by atoms with E-state index in [9.17, 15) is 4.79 Å². The summed E-state index contributed by atoms with van der Waals surface area (Å²) in [4.78, 5) is 13.5. The fourth-order valence-corrected chi connectivity index (χ4v) is 2.57. The van der Waals surface area contributed by atoms with Gasteiger partial charge in [0, 0.05) is 19.8 Å². The third kappa shape index (κ3) is 3.37. The smallest absolute Gasteiger partial charge is 0.244 e. The van der Waals surface area contributed by atoms with Crippen LogP contribution in [0.2, 0.25) is 0 Å². The van der Waals surface area contributed by atoms with E-state index in [4.69, 9.17) is 0 Å². The highest BCUT2D eigenvalue weighted by atomic mass is 79.9. The SMILES string of the molecule is CN(Cc1csc(Br)c1)C(=O)Cn1ccnn1. The molecule has 90 valence electrons. The summed E-state index contributed by atoms with van der Waals surface area (Å²) in [6, 6.07) is 2.02. The van der Waals surface area contributed by atoms with Crippen LogP contribution >= 0.6 is 27.3 Å². The van der Waals surface area contributed by atoms with E-state index in [0.29, 0.717) is 6.54 Å². The highest BCUT2D eigenvalue weighted by molar-refractivity contribution is 9.11. The summed E-state index contributed by atoms with van der Waals surface area (Å²) in [5, 5.41) is 9.45. The number of nitrogens with zero attached hydrogens (tertiary/aromatic N) is 4. The Kier molecular flexibility index (Phi) is 3.90. The largest absolute Gasteiger partial charge is 0.340 e. The van der Waals surface area contributed by atoms with E-state index in [2.05, 4.69) is 26.2 Å². The molecule has 0 saturated heterocycles. The average molecular weight is 315 g/mol. The van der Waals surface area contributed by atoms with Gasteiger partial charge >= 0.3 is 0 Å². The topological polar surface area (TPSA) is 51.0 Å². The third-order valence-corrected chi connectivity index (χ3v) is 3.79. The fraction of sp³-hybridized carbons (Fsp3) is 0.300. The van der Waals surface area contributed by atoms with Crippen LogP contribution in [0.5, 0.6) is 0 Å². The lowest BCUT2D eigenvalue weighted by Gasteiger charge is -2.16. The van der Waals surface area contributed by atoms with Crippen LogP contribution in [0.1, 0.15) is 5.56 Å². The first kappa shape index (κ1) is 12.3. The molecular formula is C10H11BrN4OS. The quantitative estimate of drug-likeness (QED) is 0.864. The van der Waals surface area contributed by atoms with Gasteiger partial charge in [0.1, 0.15) is 6.54 Å². The van der Waals surface area contributed by atoms with Gasteiger partial charge in [-0.1, -0.05) is 5.21 Å². The van der Waals surface area contributed by atoms with Crippen molar-refractivity contribution in [3.05, 3.63) is 33.2 Å². The highest BCUT2D eigenvalue weighted by Gasteiger charge is 2.11. The number of likely N-dealkylation sites (N-methyl/N-ethyl adjacent to an activating group) is 1. The van der Waals surface area contributed by atoms with Crippen LogP contribution in [-0.4, -0.2) is 32.8 Å². The number of hydrogen-bond donors (Lipinski definition) is 0. The summed E-state index contributed by atoms with van der Waals surface area (Å²) in [5.74, 6) is 0.0119. The van der Waals surface area contributed by atoms with Crippen LogP contribution in [-0.2, 0) is 17.9 Å². The molecule has 0 atom stereocenters. The predicted molar refractivity (Wildman–Crippen MR) is 68.5 cm³/mol. The zero-order valence-electron chi connectivity index (χ0n) is 9.21. The lowest BCUT2D eigenvalue weighted by Crippen LogP contribution is -2.29. The van der Waals surface area contributed by atoms with Gasteiger partial charge in [-0.3, -0.25) is 4.79 Å². The predicted octanol–water partition coefficient (Wildman–Crippen LogP) is 1.76. The van der Waals surface area contributed by atoms with Gasteiger partial charge in [-0.25, -0.2) is 4.68 Å². The molecule has 2 aromatic rings. The zero-order chi connectivity index (χ0) is 12.3. The highest BCUT2D eigenvalue weighted by Crippen LogP contribution is 2.21. The molecule has 7 heteroatoms. The Labute approximate surface area is 111 Å². The number of aromatic nitrogens is 3. The molecule has 0 spiro atoms. The molecule has 2 rings (SSSR count). The first-order chi connectivity index (χ1) is 8.15. The summed E-state index contributed by atoms with van der Waals surface area (Å²) < 4.78 is 2.59. The van der Waals surface area contributed by atoms with E-state index in [1.807, 2.05) is 11.4 Å². The van der Waals surface area contributed by atoms with E-state index < -0.39 is 0 Å². The fourth-order valence-electron chi connectivity index (χ4n) is 1.37. The van der Waals surface area contributed by atoms with Crippen molar-refractivity contribution in [2.75, 3.05) is 7.05 Å². The minimum atomic E-state index is 0.0119. The van der Waals surface area contributed by atoms with Crippen LogP contribution < -0.4 is 0 Å². The molecule has 2 heterocycles. The van der Waals surface area contributed by atoms with Crippen LogP contribution in [0.4, 0.5) is 0 Å². The third-order valence-electron chi connectivity index (χ3n) is 2.24. The molecule has 17 heavy (non-hydrogen) atoms. The summed E-state index contributed by atoms with van der Waals surface area (Å²) in [7, 11) is 1.78. The van der Waals surface area contributed by atoms with Gasteiger partial charge in [0.15, 0.2) is 0 Å². The van der Waals surface area contributed by atoms with Crippen molar-refractivity contribution in [1.82, 2.24) is 19.9 Å². The normalized spacial score (nSPS) is 10.5. The van der Waals surface area contributed by atoms with Crippen LogP contribution in [0.3, 0.4) is 0 Å². The average Bonchev–Trinajstić information content (AvgIpc) is 2.90. The Bertz CT molecular complexity index is 496. The maximum atomic E-state index is 11.9. The maximum absolute atomic E-state index is 11.9. The van der Waals surface area contributed by atoms with Crippen molar-refractivity contribution in [2.24, 2.45) is 0 Å². The molecule has 0 fully saturated rings. The van der Waals surface area contributed by atoms with E-state index in [0.717, 1.165) is 9.35 Å². The Balaban J connectivity index is 1.91. The minimum Gasteiger partial charge on any atom is -0.340 e. The van der Waals surface area contributed by atoms with E-state index in [-0.39, 0.29) is 12.5 Å². The van der Waals surface area contributed by atoms with Gasteiger partial charge in [0.05, 0.1) is 9.98 Å². The molecule has 0 radical (unpaired) electrons. The van der Waals surface area contributed by atoms with Crippen LogP contribution in [0.25, 0.3) is 0 Å². The monoisotopic (exact) mass is 314 g/mol. The van der Waals surface area contributed by atoms with Crippen molar-refractivity contribution in [3.63, 3.8) is 0 Å². The molecule has 5 nitrogen and oxygen atoms in total. The van der Waals surface area contributed by atoms with Gasteiger partial charge in [-0.2, -0.15) is 0 Å². The van der Waals surface area contributed by atoms with Crippen molar-refractivity contribution in [3.8, 4) is 0 Å². The molecule has 0 saturated carbocycles. The number of halogens is 1. The molecule has 2 aromatic heterocycles. The number of thiophene rings is 1. The molecule has 0 unspecified atom stereocenters. The van der Waals surface area contributed by atoms with Gasteiger partial charge in [0.2, 0.25) is 5.91 Å². The molecule has 0 aliphatic rings. The summed E-state index contributed by atoms with van der Waals surface area (Å²) >= 11 is 5.01. The molecule has 0 aromatic carbocycles. The summed E-state index contributed by atoms with van der Waals surface area (Å²) in [6.45, 7) is 0.831. The van der Waals surface area contributed by atoms with Crippen LogP contribution in [0.15, 0.2) is 27.6 Å². The molecule has 0 N–H and O–H groups in total. The van der Waals surface area contributed by atoms with Crippen molar-refractivity contribution >= 4 is 33.2 Å². The Hall–Kier alpha value is -1.21. The van der Waals surface area contributed by atoms with E-state index >= 15 is 0 Å². The molecule has 0 aliphatic carbocycles. The number of carbonyl (C=O) groups is 1. The molecular weight excluding hydrogens is 304 g/mol. The number of carbonyl (C=O) groups excluding carboxylic acids is 1. The van der Waals surface area contributed by atoms with E-state index in [1.54, 1.807) is 35.7 Å². The summed E-state index contributed by atoms with van der Waals surface area (Å²) in [6.07, 6.45) is 3.23. The maximum Gasteiger partial charge on any atom is 0.244 e. The lowest BCUT2D eigenvalue weighted by molar-refractivity contribution is -0.131. The first-order valence-electron chi connectivity index (χ1n) is 4.96. The number of amides is 1. The minimum absolute atomic E-state index is 0.0119. The van der Waals surface area contributed by atoms with Gasteiger partial charge in [-0.05, 0) is 32.9 Å². The van der Waals surface area contributed by atoms with Gasteiger partial charge < -0.3 is 4.90 Å². The van der Waals surface area contributed by atoms with Gasteiger partial charge in [0.25, 0.3) is 0 Å². The van der Waals surface area contributed by atoms with Crippen molar-refractivity contribution in [1.29, 1.82) is 0 Å². The molecule has 1 amide bonds. The lowest BCUT2D eigenvalue weighted by atomic mass is 10.3. The standard InChI is InChI=1S/C10H11BrN4OS/c1-14(5-8-4-9(11)17-7-8)10(16)6-15-3-2-12-13-15/h2-4,7H,5-6H2,1H3. The van der Waals surface area contributed by atoms with Crippen molar-refractivity contribution in [2.45, 2.75) is 13.1 Å². The summed E-state index contributed by atoms with van der Waals surface area (Å²) in [5.41, 5.74) is 1.12. The van der Waals surface area contributed by atoms with Crippen molar-refractivity contribution < 1.29 is 4.79 Å². The number of rotatable bonds is 4. The second-order valence-electron chi connectivity index (χ2n) is 3.61. The van der Waals surface area contributed by atoms with E-state index in [1.165, 1.54) is 4.68 Å². The molecule has 0 aliphatic heterocycles.